The smallest absolute Gasteiger partial charge is 0.328 e. The van der Waals surface area contributed by atoms with Crippen molar-refractivity contribution in [3.05, 3.63) is 24.8 Å². The van der Waals surface area contributed by atoms with E-state index in [0.717, 1.165) is 13.0 Å². The quantitative estimate of drug-likeness (QED) is 0.524. The Morgan fingerprint density at radius 1 is 1.69 bits per heavy atom. The second-order valence-electron chi connectivity index (χ2n) is 3.18. The first-order valence-corrected chi connectivity index (χ1v) is 4.50. The highest BCUT2D eigenvalue weighted by Gasteiger charge is 2.19. The lowest BCUT2D eigenvalue weighted by molar-refractivity contribution is -0.131. The van der Waals surface area contributed by atoms with Crippen LogP contribution in [0.2, 0.25) is 0 Å². The van der Waals surface area contributed by atoms with Crippen LogP contribution in [0.15, 0.2) is 24.8 Å². The molecule has 0 aromatic heterocycles. The predicted molar refractivity (Wildman–Crippen MR) is 51.6 cm³/mol. The van der Waals surface area contributed by atoms with Crippen molar-refractivity contribution < 1.29 is 9.90 Å². The summed E-state index contributed by atoms with van der Waals surface area (Å²) in [7, 11) is 0. The lowest BCUT2D eigenvalue weighted by atomic mass is 10.2. The van der Waals surface area contributed by atoms with Crippen molar-refractivity contribution in [2.45, 2.75) is 18.9 Å². The van der Waals surface area contributed by atoms with E-state index < -0.39 is 5.97 Å². The molecule has 1 heterocycles. The Kier molecular flexibility index (Phi) is 3.71. The van der Waals surface area contributed by atoms with Gasteiger partial charge in [-0.15, -0.1) is 6.58 Å². The average molecular weight is 181 g/mol. The van der Waals surface area contributed by atoms with Crippen molar-refractivity contribution in [1.29, 1.82) is 0 Å². The number of carbonyl (C=O) groups is 1. The van der Waals surface area contributed by atoms with E-state index in [4.69, 9.17) is 5.11 Å². The number of hydrogen-bond acceptors (Lipinski definition) is 2. The Labute approximate surface area is 78.4 Å². The first kappa shape index (κ1) is 9.99. The van der Waals surface area contributed by atoms with Crippen molar-refractivity contribution in [3.63, 3.8) is 0 Å². The molecule has 1 N–H and O–H groups in total. The van der Waals surface area contributed by atoms with Gasteiger partial charge in [-0.3, -0.25) is 4.90 Å². The summed E-state index contributed by atoms with van der Waals surface area (Å²) in [5.41, 5.74) is 0. The van der Waals surface area contributed by atoms with Crippen molar-refractivity contribution in [2.24, 2.45) is 0 Å². The van der Waals surface area contributed by atoms with E-state index in [-0.39, 0.29) is 0 Å². The van der Waals surface area contributed by atoms with E-state index in [9.17, 15) is 4.79 Å². The number of aliphatic carboxylic acids is 1. The van der Waals surface area contributed by atoms with Crippen LogP contribution in [-0.4, -0.2) is 35.1 Å². The van der Waals surface area contributed by atoms with Crippen LogP contribution >= 0.6 is 0 Å². The van der Waals surface area contributed by atoms with Crippen molar-refractivity contribution in [1.82, 2.24) is 4.90 Å². The van der Waals surface area contributed by atoms with Crippen LogP contribution in [0, 0.1) is 0 Å². The minimum Gasteiger partial charge on any atom is -0.478 e. The van der Waals surface area contributed by atoms with Crippen molar-refractivity contribution in [3.8, 4) is 0 Å². The summed E-state index contributed by atoms with van der Waals surface area (Å²) in [6.07, 6.45) is 7.13. The molecule has 0 radical (unpaired) electrons. The molecule has 0 aliphatic carbocycles. The molecule has 1 fully saturated rings. The van der Waals surface area contributed by atoms with Gasteiger partial charge in [-0.2, -0.15) is 0 Å². The van der Waals surface area contributed by atoms with Gasteiger partial charge >= 0.3 is 5.97 Å². The maximum Gasteiger partial charge on any atom is 0.328 e. The topological polar surface area (TPSA) is 40.5 Å². The van der Waals surface area contributed by atoms with Crippen LogP contribution in [0.25, 0.3) is 0 Å². The highest BCUT2D eigenvalue weighted by Crippen LogP contribution is 2.16. The van der Waals surface area contributed by atoms with Crippen molar-refractivity contribution >= 4 is 5.97 Å². The molecule has 1 aliphatic rings. The molecule has 1 unspecified atom stereocenters. The van der Waals surface area contributed by atoms with Crippen LogP contribution in [0.5, 0.6) is 0 Å². The molecule has 3 heteroatoms. The third kappa shape index (κ3) is 3.03. The lowest BCUT2D eigenvalue weighted by Crippen LogP contribution is -2.27. The normalized spacial score (nSPS) is 23.8. The zero-order chi connectivity index (χ0) is 9.68. The van der Waals surface area contributed by atoms with Crippen LogP contribution in [0.4, 0.5) is 0 Å². The SMILES string of the molecule is C=CC1CCCN1C/C=C/C(=O)O. The minimum atomic E-state index is -0.880. The minimum absolute atomic E-state index is 0.429. The number of carboxylic acids is 1. The van der Waals surface area contributed by atoms with Gasteiger partial charge in [0.1, 0.15) is 0 Å². The lowest BCUT2D eigenvalue weighted by Gasteiger charge is -2.18. The van der Waals surface area contributed by atoms with Gasteiger partial charge in [0.15, 0.2) is 0 Å². The van der Waals surface area contributed by atoms with Gasteiger partial charge < -0.3 is 5.11 Å². The molecular formula is C10H15NO2. The van der Waals surface area contributed by atoms with Crippen LogP contribution in [0.3, 0.4) is 0 Å². The molecule has 0 bridgehead atoms. The summed E-state index contributed by atoms with van der Waals surface area (Å²) in [4.78, 5) is 12.4. The monoisotopic (exact) mass is 181 g/mol. The van der Waals surface area contributed by atoms with E-state index in [0.29, 0.717) is 12.6 Å². The number of hydrogen-bond donors (Lipinski definition) is 1. The second-order valence-corrected chi connectivity index (χ2v) is 3.18. The molecule has 0 aromatic rings. The summed E-state index contributed by atoms with van der Waals surface area (Å²) in [5, 5.41) is 8.39. The summed E-state index contributed by atoms with van der Waals surface area (Å²) in [6.45, 7) is 5.51. The maximum atomic E-state index is 10.2. The van der Waals surface area contributed by atoms with Gasteiger partial charge in [0.2, 0.25) is 0 Å². The highest BCUT2D eigenvalue weighted by molar-refractivity contribution is 5.79. The molecule has 0 amide bonds. The molecule has 1 aliphatic heterocycles. The van der Waals surface area contributed by atoms with Crippen LogP contribution in [-0.2, 0) is 4.79 Å². The first-order valence-electron chi connectivity index (χ1n) is 4.50. The molecule has 0 spiro atoms. The Morgan fingerprint density at radius 3 is 3.08 bits per heavy atom. The molecule has 1 atom stereocenters. The zero-order valence-electron chi connectivity index (χ0n) is 7.65. The number of nitrogens with zero attached hydrogens (tertiary/aromatic N) is 1. The van der Waals surface area contributed by atoms with Gasteiger partial charge in [0, 0.05) is 18.7 Å². The summed E-state index contributed by atoms with van der Waals surface area (Å²) in [5.74, 6) is -0.880. The van der Waals surface area contributed by atoms with Gasteiger partial charge in [-0.25, -0.2) is 4.79 Å². The molecule has 1 rings (SSSR count). The highest BCUT2D eigenvalue weighted by atomic mass is 16.4. The molecule has 72 valence electrons. The largest absolute Gasteiger partial charge is 0.478 e. The fourth-order valence-electron chi connectivity index (χ4n) is 1.63. The predicted octanol–water partition coefficient (Wildman–Crippen LogP) is 1.28. The second kappa shape index (κ2) is 4.82. The number of carboxylic acid groups (broad SMARTS) is 1. The Bertz CT molecular complexity index is 223. The van der Waals surface area contributed by atoms with Gasteiger partial charge in [-0.1, -0.05) is 12.2 Å². The van der Waals surface area contributed by atoms with Crippen molar-refractivity contribution in [2.75, 3.05) is 13.1 Å². The maximum absolute atomic E-state index is 10.2. The van der Waals surface area contributed by atoms with E-state index in [1.165, 1.54) is 12.5 Å². The van der Waals surface area contributed by atoms with Gasteiger partial charge in [0.25, 0.3) is 0 Å². The number of rotatable bonds is 4. The molecule has 3 nitrogen and oxygen atoms in total. The number of likely N-dealkylation sites (tertiary alicyclic amines) is 1. The Morgan fingerprint density at radius 2 is 2.46 bits per heavy atom. The molecule has 1 saturated heterocycles. The third-order valence-electron chi connectivity index (χ3n) is 2.29. The fraction of sp³-hybridized carbons (Fsp3) is 0.500. The zero-order valence-corrected chi connectivity index (χ0v) is 7.65. The van der Waals surface area contributed by atoms with Crippen LogP contribution in [0.1, 0.15) is 12.8 Å². The van der Waals surface area contributed by atoms with E-state index >= 15 is 0 Å². The van der Waals surface area contributed by atoms with Gasteiger partial charge in [-0.05, 0) is 19.4 Å². The van der Waals surface area contributed by atoms with Crippen LogP contribution < -0.4 is 0 Å². The summed E-state index contributed by atoms with van der Waals surface area (Å²) >= 11 is 0. The molecule has 0 aromatic carbocycles. The van der Waals surface area contributed by atoms with E-state index in [1.54, 1.807) is 6.08 Å². The Balaban J connectivity index is 2.35. The van der Waals surface area contributed by atoms with E-state index in [1.807, 2.05) is 6.08 Å². The van der Waals surface area contributed by atoms with Gasteiger partial charge in [0.05, 0.1) is 0 Å². The standard InChI is InChI=1S/C10H15NO2/c1-2-9-5-3-7-11(9)8-4-6-10(12)13/h2,4,6,9H,1,3,5,7-8H2,(H,12,13)/b6-4+. The molecular weight excluding hydrogens is 166 g/mol. The van der Waals surface area contributed by atoms with E-state index in [2.05, 4.69) is 11.5 Å². The third-order valence-corrected chi connectivity index (χ3v) is 2.29. The summed E-state index contributed by atoms with van der Waals surface area (Å²) in [6, 6.07) is 0.429. The molecule has 0 saturated carbocycles. The first-order chi connectivity index (χ1) is 6.24. The summed E-state index contributed by atoms with van der Waals surface area (Å²) < 4.78 is 0. The molecule has 13 heavy (non-hydrogen) atoms. The Hall–Kier alpha value is -1.09. The fourth-order valence-corrected chi connectivity index (χ4v) is 1.63. The average Bonchev–Trinajstić information content (AvgIpc) is 2.51.